The standard InChI is InChI=1S/C8H11N2/c1-2-3-5-8-9-6-4-7-10-8/h4-7H,2-3H2,1H3. The van der Waals surface area contributed by atoms with Crippen molar-refractivity contribution in [3.63, 3.8) is 0 Å². The lowest BCUT2D eigenvalue weighted by molar-refractivity contribution is 0.879. The predicted molar refractivity (Wildman–Crippen MR) is 40.3 cm³/mol. The first-order valence-electron chi connectivity index (χ1n) is 3.53. The zero-order chi connectivity index (χ0) is 7.23. The fourth-order valence-electron chi connectivity index (χ4n) is 0.689. The second-order valence-corrected chi connectivity index (χ2v) is 2.10. The largest absolute Gasteiger partial charge is 0.241 e. The molecule has 0 amide bonds. The summed E-state index contributed by atoms with van der Waals surface area (Å²) in [6.45, 7) is 2.14. The number of aromatic nitrogens is 2. The van der Waals surface area contributed by atoms with E-state index in [1.54, 1.807) is 12.4 Å². The van der Waals surface area contributed by atoms with Crippen molar-refractivity contribution in [2.45, 2.75) is 19.8 Å². The van der Waals surface area contributed by atoms with Gasteiger partial charge in [0.1, 0.15) is 5.82 Å². The maximum atomic E-state index is 4.05. The highest BCUT2D eigenvalue weighted by Crippen LogP contribution is 1.98. The SMILES string of the molecule is CCC[CH]c1ncccn1. The summed E-state index contributed by atoms with van der Waals surface area (Å²) >= 11 is 0. The minimum absolute atomic E-state index is 0.837. The summed E-state index contributed by atoms with van der Waals surface area (Å²) in [5, 5.41) is 0. The van der Waals surface area contributed by atoms with Gasteiger partial charge in [-0.05, 0) is 12.5 Å². The number of rotatable bonds is 3. The smallest absolute Gasteiger partial charge is 0.131 e. The number of nitrogens with zero attached hydrogens (tertiary/aromatic N) is 2. The number of hydrogen-bond donors (Lipinski definition) is 0. The van der Waals surface area contributed by atoms with E-state index < -0.39 is 0 Å². The average molecular weight is 135 g/mol. The molecular weight excluding hydrogens is 124 g/mol. The molecule has 0 aromatic carbocycles. The fourth-order valence-corrected chi connectivity index (χ4v) is 0.689. The van der Waals surface area contributed by atoms with Crippen LogP contribution in [0.3, 0.4) is 0 Å². The van der Waals surface area contributed by atoms with Crippen LogP contribution in [0.2, 0.25) is 0 Å². The van der Waals surface area contributed by atoms with Gasteiger partial charge in [0.15, 0.2) is 0 Å². The molecule has 0 saturated carbocycles. The number of hydrogen-bond acceptors (Lipinski definition) is 2. The zero-order valence-corrected chi connectivity index (χ0v) is 6.12. The summed E-state index contributed by atoms with van der Waals surface area (Å²) in [6, 6.07) is 1.82. The van der Waals surface area contributed by atoms with Crippen LogP contribution >= 0.6 is 0 Å². The average Bonchev–Trinajstić information content (AvgIpc) is 2.03. The molecule has 10 heavy (non-hydrogen) atoms. The lowest BCUT2D eigenvalue weighted by Gasteiger charge is -1.93. The van der Waals surface area contributed by atoms with Crippen LogP contribution in [-0.4, -0.2) is 9.97 Å². The Morgan fingerprint density at radius 3 is 2.70 bits per heavy atom. The van der Waals surface area contributed by atoms with E-state index in [0.717, 1.165) is 18.7 Å². The normalized spacial score (nSPS) is 9.70. The maximum absolute atomic E-state index is 4.05. The van der Waals surface area contributed by atoms with E-state index >= 15 is 0 Å². The Labute approximate surface area is 61.3 Å². The van der Waals surface area contributed by atoms with Crippen LogP contribution in [0.5, 0.6) is 0 Å². The van der Waals surface area contributed by atoms with E-state index in [1.807, 2.05) is 12.5 Å². The Balaban J connectivity index is 2.43. The van der Waals surface area contributed by atoms with E-state index in [1.165, 1.54) is 0 Å². The van der Waals surface area contributed by atoms with Crippen molar-refractivity contribution in [1.82, 2.24) is 9.97 Å². The van der Waals surface area contributed by atoms with E-state index in [2.05, 4.69) is 16.9 Å². The van der Waals surface area contributed by atoms with Gasteiger partial charge in [-0.2, -0.15) is 0 Å². The third-order valence-corrected chi connectivity index (χ3v) is 1.20. The molecule has 1 aromatic heterocycles. The van der Waals surface area contributed by atoms with Gasteiger partial charge in [-0.1, -0.05) is 13.3 Å². The molecule has 0 aliphatic carbocycles. The lowest BCUT2D eigenvalue weighted by atomic mass is 10.2. The molecule has 0 spiro atoms. The summed E-state index contributed by atoms with van der Waals surface area (Å²) < 4.78 is 0. The minimum Gasteiger partial charge on any atom is -0.241 e. The Morgan fingerprint density at radius 1 is 1.40 bits per heavy atom. The summed E-state index contributed by atoms with van der Waals surface area (Å²) in [6.07, 6.45) is 7.77. The van der Waals surface area contributed by atoms with Crippen molar-refractivity contribution in [1.29, 1.82) is 0 Å². The van der Waals surface area contributed by atoms with E-state index in [4.69, 9.17) is 0 Å². The van der Waals surface area contributed by atoms with Gasteiger partial charge in [0.2, 0.25) is 0 Å². The summed E-state index contributed by atoms with van der Waals surface area (Å²) in [5.74, 6) is 0.837. The Kier molecular flexibility index (Phi) is 2.87. The van der Waals surface area contributed by atoms with Gasteiger partial charge in [0.25, 0.3) is 0 Å². The lowest BCUT2D eigenvalue weighted by Crippen LogP contribution is -1.89. The molecule has 0 aliphatic rings. The van der Waals surface area contributed by atoms with Crippen LogP contribution < -0.4 is 0 Å². The molecular formula is C8H11N2. The highest BCUT2D eigenvalue weighted by atomic mass is 14.8. The molecule has 0 unspecified atom stereocenters. The van der Waals surface area contributed by atoms with Crippen molar-refractivity contribution in [3.8, 4) is 0 Å². The molecule has 53 valence electrons. The number of unbranched alkanes of at least 4 members (excludes halogenated alkanes) is 1. The van der Waals surface area contributed by atoms with Crippen LogP contribution in [0.1, 0.15) is 25.6 Å². The van der Waals surface area contributed by atoms with Gasteiger partial charge in [-0.3, -0.25) is 0 Å². The van der Waals surface area contributed by atoms with Crippen LogP contribution in [0.15, 0.2) is 18.5 Å². The summed E-state index contributed by atoms with van der Waals surface area (Å²) in [4.78, 5) is 8.10. The molecule has 0 fully saturated rings. The van der Waals surface area contributed by atoms with Crippen LogP contribution in [0, 0.1) is 6.42 Å². The van der Waals surface area contributed by atoms with Gasteiger partial charge in [0, 0.05) is 18.8 Å². The van der Waals surface area contributed by atoms with Crippen molar-refractivity contribution >= 4 is 0 Å². The predicted octanol–water partition coefficient (Wildman–Crippen LogP) is 1.83. The van der Waals surface area contributed by atoms with Gasteiger partial charge in [-0.15, -0.1) is 0 Å². The van der Waals surface area contributed by atoms with Crippen molar-refractivity contribution in [3.05, 3.63) is 30.7 Å². The topological polar surface area (TPSA) is 25.8 Å². The molecule has 2 heteroatoms. The fraction of sp³-hybridized carbons (Fsp3) is 0.375. The molecule has 1 rings (SSSR count). The van der Waals surface area contributed by atoms with Crippen LogP contribution in [-0.2, 0) is 0 Å². The maximum Gasteiger partial charge on any atom is 0.131 e. The van der Waals surface area contributed by atoms with Crippen molar-refractivity contribution in [2.75, 3.05) is 0 Å². The van der Waals surface area contributed by atoms with E-state index in [-0.39, 0.29) is 0 Å². The molecule has 2 nitrogen and oxygen atoms in total. The molecule has 0 N–H and O–H groups in total. The zero-order valence-electron chi connectivity index (χ0n) is 6.12. The van der Waals surface area contributed by atoms with Gasteiger partial charge >= 0.3 is 0 Å². The van der Waals surface area contributed by atoms with Crippen LogP contribution in [0.25, 0.3) is 0 Å². The van der Waals surface area contributed by atoms with Crippen LogP contribution in [0.4, 0.5) is 0 Å². The Bertz CT molecular complexity index is 172. The second kappa shape index (κ2) is 3.99. The first-order valence-corrected chi connectivity index (χ1v) is 3.53. The Hall–Kier alpha value is -0.920. The van der Waals surface area contributed by atoms with Gasteiger partial charge in [-0.25, -0.2) is 9.97 Å². The molecule has 0 atom stereocenters. The monoisotopic (exact) mass is 135 g/mol. The quantitative estimate of drug-likeness (QED) is 0.631. The molecule has 1 radical (unpaired) electrons. The third kappa shape index (κ3) is 2.13. The highest BCUT2D eigenvalue weighted by molar-refractivity contribution is 4.99. The molecule has 1 aromatic rings. The minimum atomic E-state index is 0.837. The third-order valence-electron chi connectivity index (χ3n) is 1.20. The molecule has 0 bridgehead atoms. The van der Waals surface area contributed by atoms with Crippen molar-refractivity contribution < 1.29 is 0 Å². The van der Waals surface area contributed by atoms with E-state index in [9.17, 15) is 0 Å². The highest BCUT2D eigenvalue weighted by Gasteiger charge is 1.91. The van der Waals surface area contributed by atoms with E-state index in [0.29, 0.717) is 0 Å². The van der Waals surface area contributed by atoms with Gasteiger partial charge < -0.3 is 0 Å². The second-order valence-electron chi connectivity index (χ2n) is 2.10. The summed E-state index contributed by atoms with van der Waals surface area (Å²) in [7, 11) is 0. The first kappa shape index (κ1) is 7.19. The summed E-state index contributed by atoms with van der Waals surface area (Å²) in [5.41, 5.74) is 0. The Morgan fingerprint density at radius 2 is 2.10 bits per heavy atom. The molecule has 1 heterocycles. The van der Waals surface area contributed by atoms with Crippen molar-refractivity contribution in [2.24, 2.45) is 0 Å². The molecule has 0 aliphatic heterocycles. The first-order chi connectivity index (χ1) is 4.93. The molecule has 0 saturated heterocycles. The van der Waals surface area contributed by atoms with Gasteiger partial charge in [0.05, 0.1) is 0 Å².